The number of nitrogen functional groups attached to an aromatic ring is 1. The fourth-order valence-electron chi connectivity index (χ4n) is 2.95. The summed E-state index contributed by atoms with van der Waals surface area (Å²) < 4.78 is 30.2. The summed E-state index contributed by atoms with van der Waals surface area (Å²) in [6, 6.07) is 4.31. The lowest BCUT2D eigenvalue weighted by molar-refractivity contribution is 0.0893. The molecule has 0 aliphatic carbocycles. The highest BCUT2D eigenvalue weighted by Gasteiger charge is 2.19. The zero-order valence-corrected chi connectivity index (χ0v) is 15.9. The van der Waals surface area contributed by atoms with Gasteiger partial charge in [-0.05, 0) is 13.0 Å². The van der Waals surface area contributed by atoms with Gasteiger partial charge in [0, 0.05) is 43.6 Å². The molecule has 0 spiro atoms. The Bertz CT molecular complexity index is 842. The van der Waals surface area contributed by atoms with E-state index in [0.29, 0.717) is 36.9 Å². The highest BCUT2D eigenvalue weighted by molar-refractivity contribution is 6.13. The second kappa shape index (κ2) is 8.94. The quantitative estimate of drug-likeness (QED) is 0.550. The van der Waals surface area contributed by atoms with Gasteiger partial charge in [-0.25, -0.2) is 14.4 Å². The topological polar surface area (TPSA) is 107 Å². The Morgan fingerprint density at radius 1 is 1.32 bits per heavy atom. The van der Waals surface area contributed by atoms with Crippen LogP contribution in [0.3, 0.4) is 0 Å². The largest absolute Gasteiger partial charge is 0.485 e. The number of nitrogens with one attached hydrogen (secondary N) is 1. The van der Waals surface area contributed by atoms with Crippen LogP contribution in [0.15, 0.2) is 24.5 Å². The summed E-state index contributed by atoms with van der Waals surface area (Å²) in [5.74, 6) is 0.138. The molecular weight excluding hydrogens is 365 g/mol. The van der Waals surface area contributed by atoms with Crippen molar-refractivity contribution in [3.05, 3.63) is 41.6 Å². The first kappa shape index (κ1) is 20.0. The van der Waals surface area contributed by atoms with E-state index in [9.17, 15) is 4.39 Å². The molecule has 1 aromatic carbocycles. The maximum Gasteiger partial charge on any atom is 0.167 e. The van der Waals surface area contributed by atoms with Gasteiger partial charge in [0.1, 0.15) is 18.2 Å². The SMILES string of the molecule is COC[C@@H](C)Oc1cc(C(=N)c2cc(N3CCOCC3)ncn2)c(N)cc1F. The lowest BCUT2D eigenvalue weighted by atomic mass is 10.0. The maximum atomic E-state index is 14.2. The predicted octanol–water partition coefficient (Wildman–Crippen LogP) is 1.86. The number of hydrogen-bond acceptors (Lipinski definition) is 8. The van der Waals surface area contributed by atoms with Crippen molar-refractivity contribution in [3.63, 3.8) is 0 Å². The fourth-order valence-corrected chi connectivity index (χ4v) is 2.95. The van der Waals surface area contributed by atoms with Gasteiger partial charge in [0.2, 0.25) is 0 Å². The molecule has 1 aliphatic heterocycles. The molecule has 0 bridgehead atoms. The summed E-state index contributed by atoms with van der Waals surface area (Å²) in [7, 11) is 1.54. The van der Waals surface area contributed by atoms with E-state index in [2.05, 4.69) is 14.9 Å². The maximum absolute atomic E-state index is 14.2. The molecule has 2 heterocycles. The molecule has 0 radical (unpaired) electrons. The lowest BCUT2D eigenvalue weighted by Gasteiger charge is -2.27. The van der Waals surface area contributed by atoms with Gasteiger partial charge in [0.25, 0.3) is 0 Å². The van der Waals surface area contributed by atoms with Crippen LogP contribution in [0.2, 0.25) is 0 Å². The molecule has 3 rings (SSSR count). The van der Waals surface area contributed by atoms with Crippen LogP contribution < -0.4 is 15.4 Å². The van der Waals surface area contributed by atoms with Gasteiger partial charge in [-0.2, -0.15) is 0 Å². The Kier molecular flexibility index (Phi) is 6.37. The summed E-state index contributed by atoms with van der Waals surface area (Å²) in [6.07, 6.45) is 1.06. The molecule has 1 aliphatic rings. The first-order valence-electron chi connectivity index (χ1n) is 8.98. The van der Waals surface area contributed by atoms with Crippen LogP contribution in [0.1, 0.15) is 18.2 Å². The van der Waals surface area contributed by atoms with Crippen LogP contribution >= 0.6 is 0 Å². The van der Waals surface area contributed by atoms with Crippen LogP contribution in [0.25, 0.3) is 0 Å². The van der Waals surface area contributed by atoms with E-state index in [4.69, 9.17) is 25.4 Å². The summed E-state index contributed by atoms with van der Waals surface area (Å²) in [5.41, 5.74) is 6.91. The van der Waals surface area contributed by atoms with Gasteiger partial charge < -0.3 is 24.8 Å². The zero-order chi connectivity index (χ0) is 20.1. The molecule has 1 aromatic heterocycles. The van der Waals surface area contributed by atoms with Gasteiger partial charge in [0.05, 0.1) is 31.2 Å². The van der Waals surface area contributed by atoms with Crippen molar-refractivity contribution in [3.8, 4) is 5.75 Å². The summed E-state index contributed by atoms with van der Waals surface area (Å²) in [6.45, 7) is 4.77. The Labute approximate surface area is 162 Å². The number of benzene rings is 1. The zero-order valence-electron chi connectivity index (χ0n) is 15.9. The number of aromatic nitrogens is 2. The van der Waals surface area contributed by atoms with Gasteiger partial charge in [-0.3, -0.25) is 5.41 Å². The van der Waals surface area contributed by atoms with Crippen molar-refractivity contribution in [2.75, 3.05) is 50.7 Å². The third-order valence-electron chi connectivity index (χ3n) is 4.35. The van der Waals surface area contributed by atoms with E-state index in [-0.39, 0.29) is 23.3 Å². The summed E-state index contributed by atoms with van der Waals surface area (Å²) in [4.78, 5) is 10.5. The van der Waals surface area contributed by atoms with Crippen LogP contribution in [-0.2, 0) is 9.47 Å². The Hall–Kier alpha value is -2.78. The molecule has 9 heteroatoms. The Morgan fingerprint density at radius 2 is 2.07 bits per heavy atom. The molecule has 0 unspecified atom stereocenters. The van der Waals surface area contributed by atoms with Crippen LogP contribution in [0, 0.1) is 11.2 Å². The third-order valence-corrected chi connectivity index (χ3v) is 4.35. The highest BCUT2D eigenvalue weighted by Crippen LogP contribution is 2.27. The number of rotatable bonds is 7. The number of methoxy groups -OCH3 is 1. The average molecular weight is 389 g/mol. The molecule has 150 valence electrons. The molecule has 1 saturated heterocycles. The van der Waals surface area contributed by atoms with Crippen molar-refractivity contribution >= 4 is 17.2 Å². The normalized spacial score (nSPS) is 15.3. The van der Waals surface area contributed by atoms with Crippen molar-refractivity contribution in [2.24, 2.45) is 0 Å². The predicted molar refractivity (Wildman–Crippen MR) is 104 cm³/mol. The minimum Gasteiger partial charge on any atom is -0.485 e. The van der Waals surface area contributed by atoms with E-state index >= 15 is 0 Å². The number of nitrogens with two attached hydrogens (primary N) is 1. The first-order chi connectivity index (χ1) is 13.5. The molecule has 2 aromatic rings. The monoisotopic (exact) mass is 389 g/mol. The van der Waals surface area contributed by atoms with Crippen molar-refractivity contribution in [1.29, 1.82) is 5.41 Å². The minimum atomic E-state index is -0.589. The van der Waals surface area contributed by atoms with Crippen LogP contribution in [0.4, 0.5) is 15.9 Å². The lowest BCUT2D eigenvalue weighted by Crippen LogP contribution is -2.36. The molecule has 1 atom stereocenters. The molecule has 3 N–H and O–H groups in total. The number of morpholine rings is 1. The molecule has 0 saturated carbocycles. The van der Waals surface area contributed by atoms with Gasteiger partial charge in [0.15, 0.2) is 11.6 Å². The van der Waals surface area contributed by atoms with Gasteiger partial charge in [-0.1, -0.05) is 0 Å². The van der Waals surface area contributed by atoms with Crippen molar-refractivity contribution < 1.29 is 18.6 Å². The van der Waals surface area contributed by atoms with E-state index in [1.54, 1.807) is 20.1 Å². The molecule has 0 amide bonds. The second-order valence-electron chi connectivity index (χ2n) is 6.49. The Balaban J connectivity index is 1.87. The van der Waals surface area contributed by atoms with E-state index in [1.807, 2.05) is 0 Å². The number of nitrogens with zero attached hydrogens (tertiary/aromatic N) is 3. The van der Waals surface area contributed by atoms with Crippen LogP contribution in [-0.4, -0.2) is 61.8 Å². The van der Waals surface area contributed by atoms with Gasteiger partial charge in [-0.15, -0.1) is 0 Å². The van der Waals surface area contributed by atoms with Crippen molar-refractivity contribution in [1.82, 2.24) is 9.97 Å². The smallest absolute Gasteiger partial charge is 0.167 e. The average Bonchev–Trinajstić information content (AvgIpc) is 2.70. The van der Waals surface area contributed by atoms with Crippen molar-refractivity contribution in [2.45, 2.75) is 13.0 Å². The second-order valence-corrected chi connectivity index (χ2v) is 6.49. The minimum absolute atomic E-state index is 0.0148. The van der Waals surface area contributed by atoms with E-state index < -0.39 is 5.82 Å². The van der Waals surface area contributed by atoms with E-state index in [0.717, 1.165) is 19.2 Å². The first-order valence-corrected chi connectivity index (χ1v) is 8.98. The molecule has 28 heavy (non-hydrogen) atoms. The number of hydrogen-bond donors (Lipinski definition) is 2. The molecular formula is C19H24FN5O3. The fraction of sp³-hybridized carbons (Fsp3) is 0.421. The third kappa shape index (κ3) is 4.55. The number of anilines is 2. The standard InChI is InChI=1S/C19H24FN5O3/c1-12(10-26-2)28-17-7-13(15(21)8-14(17)20)19(22)16-9-18(24-11-23-16)25-3-5-27-6-4-25/h7-9,11-12,22H,3-6,10,21H2,1-2H3/t12-/m1/s1. The number of halogens is 1. The highest BCUT2D eigenvalue weighted by atomic mass is 19.1. The molecule has 8 nitrogen and oxygen atoms in total. The number of ether oxygens (including phenoxy) is 3. The van der Waals surface area contributed by atoms with Gasteiger partial charge >= 0.3 is 0 Å². The van der Waals surface area contributed by atoms with Crippen LogP contribution in [0.5, 0.6) is 5.75 Å². The summed E-state index contributed by atoms with van der Waals surface area (Å²) >= 11 is 0. The molecule has 1 fully saturated rings. The van der Waals surface area contributed by atoms with E-state index in [1.165, 1.54) is 12.4 Å². The Morgan fingerprint density at radius 3 is 2.79 bits per heavy atom. The summed E-state index contributed by atoms with van der Waals surface area (Å²) in [5, 5.41) is 8.54.